The first-order chi connectivity index (χ1) is 1.41. The van der Waals surface area contributed by atoms with Crippen LogP contribution >= 0.6 is 0 Å². The molecule has 1 nitrogen and oxygen atoms in total. The van der Waals surface area contributed by atoms with E-state index >= 15 is 0 Å². The zero-order valence-electron chi connectivity index (χ0n) is 1.76. The van der Waals surface area contributed by atoms with Crippen molar-refractivity contribution >= 4 is 0 Å². The van der Waals surface area contributed by atoms with Gasteiger partial charge in [-0.15, -0.1) is 0 Å². The first-order valence-electron chi connectivity index (χ1n) is 0.428. The molecule has 0 aliphatic heterocycles. The fourth-order valence-electron chi connectivity index (χ4n) is 0. The van der Waals surface area contributed by atoms with Crippen LogP contribution in [0.2, 0.25) is 0 Å². The Labute approximate surface area is 50.5 Å². The van der Waals surface area contributed by atoms with Gasteiger partial charge in [0.2, 0.25) is 0 Å². The van der Waals surface area contributed by atoms with Crippen LogP contribution in [0.5, 0.6) is 0 Å². The van der Waals surface area contributed by atoms with E-state index in [1.807, 2.05) is 0 Å². The van der Waals surface area contributed by atoms with Crippen LogP contribution in [0, 0.1) is 9.72 Å². The molecule has 4 heavy (non-hydrogen) atoms. The van der Waals surface area contributed by atoms with Gasteiger partial charge < -0.3 is 0 Å². The molecule has 0 aliphatic carbocycles. The molecular formula is CMoNW. The minimum Gasteiger partial charge on any atom is 0 e. The number of nitrogens with zero attached hydrogens (tertiary/aromatic N) is 1. The van der Waals surface area contributed by atoms with E-state index in [0.717, 1.165) is 0 Å². The second-order valence-electron chi connectivity index (χ2n) is 0.0913. The van der Waals surface area contributed by atoms with E-state index < -0.39 is 0 Å². The molecule has 0 aliphatic rings. The molecule has 0 atom stereocenters. The van der Waals surface area contributed by atoms with Gasteiger partial charge in [-0.3, -0.25) is 0 Å². The third-order valence-electron chi connectivity index (χ3n) is 0. The van der Waals surface area contributed by atoms with Crippen molar-refractivity contribution in [3.8, 4) is 4.46 Å². The topological polar surface area (TPSA) is 23.8 Å². The SMILES string of the molecule is N#[C][Mo].[W]. The van der Waals surface area contributed by atoms with Crippen LogP contribution in [-0.2, 0) is 40.9 Å². The summed E-state index contributed by atoms with van der Waals surface area (Å²) in [4.78, 5) is 0. The van der Waals surface area contributed by atoms with Crippen LogP contribution in [-0.4, -0.2) is 0 Å². The van der Waals surface area contributed by atoms with Crippen molar-refractivity contribution < 1.29 is 40.9 Å². The monoisotopic (exact) mass is 308 g/mol. The van der Waals surface area contributed by atoms with E-state index in [0.29, 0.717) is 0 Å². The molecule has 0 aromatic carbocycles. The third kappa shape index (κ3) is 13.3. The molecule has 0 saturated heterocycles. The molecule has 21 valence electrons. The van der Waals surface area contributed by atoms with Gasteiger partial charge in [0, 0.05) is 21.1 Å². The van der Waals surface area contributed by atoms with Crippen LogP contribution in [0.1, 0.15) is 0 Å². The molecule has 0 saturated carbocycles. The molecule has 0 amide bonds. The fourth-order valence-corrected chi connectivity index (χ4v) is 0. The van der Waals surface area contributed by atoms with Crippen molar-refractivity contribution in [2.45, 2.75) is 0 Å². The number of nitriles is 1. The molecule has 0 radical (unpaired) electrons. The third-order valence-corrected chi connectivity index (χ3v) is 0. The van der Waals surface area contributed by atoms with Crippen molar-refractivity contribution in [1.29, 1.82) is 5.26 Å². The van der Waals surface area contributed by atoms with Gasteiger partial charge >= 0.3 is 29.5 Å². The van der Waals surface area contributed by atoms with Gasteiger partial charge in [0.05, 0.1) is 0 Å². The van der Waals surface area contributed by atoms with Crippen LogP contribution < -0.4 is 0 Å². The summed E-state index contributed by atoms with van der Waals surface area (Å²) in [6, 6.07) is 0. The predicted molar refractivity (Wildman–Crippen MR) is 5.61 cm³/mol. The van der Waals surface area contributed by atoms with Crippen LogP contribution in [0.25, 0.3) is 0 Å². The quantitative estimate of drug-likeness (QED) is 0.579. The van der Waals surface area contributed by atoms with Gasteiger partial charge in [0.1, 0.15) is 0 Å². The summed E-state index contributed by atoms with van der Waals surface area (Å²) in [5.74, 6) is 0. The van der Waals surface area contributed by atoms with Gasteiger partial charge in [-0.1, -0.05) is 0 Å². The maximum absolute atomic E-state index is 7.32. The molecule has 3 heteroatoms. The number of hydrogen-bond acceptors (Lipinski definition) is 1. The molecule has 0 fully saturated rings. The summed E-state index contributed by atoms with van der Waals surface area (Å²) in [5.41, 5.74) is 0. The van der Waals surface area contributed by atoms with Crippen molar-refractivity contribution in [3.05, 3.63) is 0 Å². The normalized spacial score (nSPS) is 1.75. The Kier molecular flexibility index (Phi) is 20.2. The standard InChI is InChI=1S/CN.Mo.W/c1-2;;. The Morgan fingerprint density at radius 2 is 1.75 bits per heavy atom. The largest absolute Gasteiger partial charge is 0 e. The van der Waals surface area contributed by atoms with E-state index in [4.69, 9.17) is 5.26 Å². The van der Waals surface area contributed by atoms with E-state index in [1.165, 1.54) is 19.8 Å². The summed E-state index contributed by atoms with van der Waals surface area (Å²) < 4.78 is 1.76. The summed E-state index contributed by atoms with van der Waals surface area (Å²) in [5, 5.41) is 7.32. The second-order valence-corrected chi connectivity index (χ2v) is 0.540. The van der Waals surface area contributed by atoms with E-state index in [1.54, 1.807) is 4.46 Å². The summed E-state index contributed by atoms with van der Waals surface area (Å²) >= 11 is 1.38. The van der Waals surface area contributed by atoms with Gasteiger partial charge in [-0.25, -0.2) is 0 Å². The fraction of sp³-hybridized carbons (Fsp3) is 0. The summed E-state index contributed by atoms with van der Waals surface area (Å²) in [7, 11) is 0. The van der Waals surface area contributed by atoms with Gasteiger partial charge in [-0.2, -0.15) is 0 Å². The minimum absolute atomic E-state index is 0. The minimum atomic E-state index is 0. The van der Waals surface area contributed by atoms with Crippen LogP contribution in [0.15, 0.2) is 0 Å². The second kappa shape index (κ2) is 9.12. The average Bonchev–Trinajstić information content (AvgIpc) is 0.918. The van der Waals surface area contributed by atoms with Gasteiger partial charge in [0.25, 0.3) is 0 Å². The number of rotatable bonds is 0. The molecule has 0 unspecified atom stereocenters. The Bertz CT molecular complexity index is 29.5. The zero-order chi connectivity index (χ0) is 2.71. The number of hydrogen-bond donors (Lipinski definition) is 0. The smallest absolute Gasteiger partial charge is 0 e. The van der Waals surface area contributed by atoms with Crippen molar-refractivity contribution in [1.82, 2.24) is 0 Å². The maximum atomic E-state index is 7.32. The summed E-state index contributed by atoms with van der Waals surface area (Å²) in [6.07, 6.45) is 0. The molecule has 0 aromatic rings. The molecule has 0 spiro atoms. The first kappa shape index (κ1) is 8.85. The van der Waals surface area contributed by atoms with Crippen LogP contribution in [0.3, 0.4) is 0 Å². The van der Waals surface area contributed by atoms with Crippen molar-refractivity contribution in [2.75, 3.05) is 0 Å². The summed E-state index contributed by atoms with van der Waals surface area (Å²) in [6.45, 7) is 0. The van der Waals surface area contributed by atoms with E-state index in [9.17, 15) is 0 Å². The van der Waals surface area contributed by atoms with E-state index in [-0.39, 0.29) is 21.1 Å². The van der Waals surface area contributed by atoms with E-state index in [2.05, 4.69) is 0 Å². The molecule has 0 bridgehead atoms. The van der Waals surface area contributed by atoms with Gasteiger partial charge in [0.15, 0.2) is 0 Å². The first-order valence-corrected chi connectivity index (χ1v) is 1.43. The van der Waals surface area contributed by atoms with Crippen LogP contribution in [0.4, 0.5) is 0 Å². The molecule has 0 N–H and O–H groups in total. The molecule has 0 rings (SSSR count). The Hall–Kier alpha value is 0.867. The maximum Gasteiger partial charge on any atom is 0 e. The zero-order valence-corrected chi connectivity index (χ0v) is 6.70. The molecule has 0 aromatic heterocycles. The van der Waals surface area contributed by atoms with Gasteiger partial charge in [-0.05, 0) is 0 Å². The Balaban J connectivity index is 0. The Morgan fingerprint density at radius 3 is 1.75 bits per heavy atom. The molecular weight excluding hydrogens is 306 g/mol. The van der Waals surface area contributed by atoms with Crippen molar-refractivity contribution in [3.63, 3.8) is 0 Å². The Morgan fingerprint density at radius 1 is 1.75 bits per heavy atom. The average molecular weight is 306 g/mol. The molecule has 0 heterocycles. The van der Waals surface area contributed by atoms with Crippen molar-refractivity contribution in [2.24, 2.45) is 0 Å². The predicted octanol–water partition coefficient (Wildman–Crippen LogP) is 0.0118.